The zero-order valence-electron chi connectivity index (χ0n) is 4.83. The molecular weight excluding hydrogens is 406 g/mol. The first-order valence-corrected chi connectivity index (χ1v) is 24.5. The summed E-state index contributed by atoms with van der Waals surface area (Å²) in [5.41, 5.74) is 0. The number of hydrogen-bond donors (Lipinski definition) is 0. The maximum absolute atomic E-state index is 3.60. The average Bonchev–Trinajstić information content (AvgIpc) is 1.65. The van der Waals surface area contributed by atoms with E-state index in [2.05, 4.69) is 52.0 Å². The van der Waals surface area contributed by atoms with Gasteiger partial charge in [-0.3, -0.25) is 0 Å². The van der Waals surface area contributed by atoms with Gasteiger partial charge >= 0.3 is 51.2 Å². The van der Waals surface area contributed by atoms with Gasteiger partial charge < -0.3 is 0 Å². The van der Waals surface area contributed by atoms with Gasteiger partial charge in [0.05, 0.1) is 0 Å². The SMILES string of the molecule is [Br][SnH]([Br])[Br].[CH2]CCC. The van der Waals surface area contributed by atoms with Crippen LogP contribution in [0.3, 0.4) is 0 Å². The number of rotatable bonds is 1. The normalized spacial score (nSPS) is 8.25. The van der Waals surface area contributed by atoms with E-state index in [-0.39, 0.29) is 0 Å². The van der Waals surface area contributed by atoms with Crippen molar-refractivity contribution in [2.45, 2.75) is 19.8 Å². The monoisotopic (exact) mass is 415 g/mol. The third-order valence-corrected chi connectivity index (χ3v) is 0.354. The van der Waals surface area contributed by atoms with Crippen molar-refractivity contribution in [3.63, 3.8) is 0 Å². The van der Waals surface area contributed by atoms with Crippen molar-refractivity contribution in [2.75, 3.05) is 0 Å². The fourth-order valence-corrected chi connectivity index (χ4v) is 0. The fraction of sp³-hybridized carbons (Fsp3) is 0.750. The second kappa shape index (κ2) is 12.0. The van der Waals surface area contributed by atoms with Crippen LogP contribution in [0, 0.1) is 6.92 Å². The molecular formula is C4H10Br3Sn. The molecule has 0 amide bonds. The molecule has 8 heavy (non-hydrogen) atoms. The maximum Gasteiger partial charge on any atom is -0.0533 e. The van der Waals surface area contributed by atoms with E-state index in [0.717, 1.165) is 6.42 Å². The standard InChI is InChI=1S/C4H9.3BrH.Sn.H/c1-3-4-2;;;;;/h1,3-4H2,2H3;3*1H;;/q;;;;+3;/p-3. The Morgan fingerprint density at radius 3 is 1.50 bits per heavy atom. The van der Waals surface area contributed by atoms with Crippen LogP contribution < -0.4 is 0 Å². The molecule has 4 heteroatoms. The van der Waals surface area contributed by atoms with Crippen LogP contribution in [0.15, 0.2) is 0 Å². The van der Waals surface area contributed by atoms with Gasteiger partial charge in [-0.2, -0.15) is 0 Å². The molecule has 0 aromatic rings. The summed E-state index contributed by atoms with van der Waals surface area (Å²) in [6.45, 7) is 5.72. The van der Waals surface area contributed by atoms with Crippen LogP contribution in [-0.4, -0.2) is 13.1 Å². The van der Waals surface area contributed by atoms with Gasteiger partial charge in [0.25, 0.3) is 0 Å². The predicted molar refractivity (Wildman–Crippen MR) is 54.2 cm³/mol. The van der Waals surface area contributed by atoms with Gasteiger partial charge in [-0.25, -0.2) is 0 Å². The second-order valence-electron chi connectivity index (χ2n) is 1.10. The summed E-state index contributed by atoms with van der Waals surface area (Å²) in [5.74, 6) is 0. The van der Waals surface area contributed by atoms with Gasteiger partial charge in [0, 0.05) is 0 Å². The molecule has 0 saturated carbocycles. The van der Waals surface area contributed by atoms with Crippen molar-refractivity contribution in [3.05, 3.63) is 6.92 Å². The first-order chi connectivity index (χ1) is 3.65. The maximum atomic E-state index is 3.60. The molecule has 0 unspecified atom stereocenters. The molecule has 0 rings (SSSR count). The summed E-state index contributed by atoms with van der Waals surface area (Å²) in [6.07, 6.45) is 2.28. The molecule has 0 saturated heterocycles. The van der Waals surface area contributed by atoms with Gasteiger partial charge in [-0.1, -0.05) is 26.7 Å². The summed E-state index contributed by atoms with van der Waals surface area (Å²) in [4.78, 5) is 0. The fourth-order valence-electron chi connectivity index (χ4n) is 0. The van der Waals surface area contributed by atoms with Crippen molar-refractivity contribution in [2.24, 2.45) is 0 Å². The van der Waals surface area contributed by atoms with Crippen molar-refractivity contribution < 1.29 is 0 Å². The topological polar surface area (TPSA) is 0 Å². The van der Waals surface area contributed by atoms with E-state index in [1.807, 2.05) is 0 Å². The van der Waals surface area contributed by atoms with Crippen molar-refractivity contribution in [3.8, 4) is 0 Å². The molecule has 0 atom stereocenters. The first-order valence-electron chi connectivity index (χ1n) is 2.36. The Kier molecular flexibility index (Phi) is 19.3. The van der Waals surface area contributed by atoms with E-state index >= 15 is 0 Å². The Labute approximate surface area is 76.8 Å². The zero-order valence-corrected chi connectivity index (χ0v) is 12.9. The molecule has 0 aliphatic carbocycles. The van der Waals surface area contributed by atoms with Crippen LogP contribution in [0.25, 0.3) is 0 Å². The Morgan fingerprint density at radius 2 is 1.50 bits per heavy atom. The number of unbranched alkanes of at least 4 members (excludes halogenated alkanes) is 1. The van der Waals surface area contributed by atoms with Crippen LogP contribution in [0.1, 0.15) is 19.8 Å². The predicted octanol–water partition coefficient (Wildman–Crippen LogP) is 3.51. The van der Waals surface area contributed by atoms with Gasteiger partial charge in [-0.05, 0) is 0 Å². The molecule has 0 aromatic heterocycles. The van der Waals surface area contributed by atoms with E-state index in [0.29, 0.717) is 0 Å². The summed E-state index contributed by atoms with van der Waals surface area (Å²) in [5, 5.41) is 0. The molecule has 0 N–H and O–H groups in total. The number of halogens is 3. The average molecular weight is 417 g/mol. The first kappa shape index (κ1) is 12.9. The molecule has 51 valence electrons. The molecule has 1 radical (unpaired) electrons. The van der Waals surface area contributed by atoms with Gasteiger partial charge in [0.2, 0.25) is 0 Å². The van der Waals surface area contributed by atoms with E-state index in [9.17, 15) is 0 Å². The third kappa shape index (κ3) is 41.2. The third-order valence-electron chi connectivity index (χ3n) is 0.354. The van der Waals surface area contributed by atoms with E-state index < -0.39 is 13.1 Å². The largest absolute Gasteiger partial charge is 0.0654 e. The van der Waals surface area contributed by atoms with Crippen LogP contribution in [0.4, 0.5) is 0 Å². The quantitative estimate of drug-likeness (QED) is 0.574. The number of hydrogen-bond acceptors (Lipinski definition) is 0. The minimum Gasteiger partial charge on any atom is -0.0654 e. The molecule has 0 aliphatic heterocycles. The molecule has 0 aromatic carbocycles. The molecule has 0 aliphatic rings. The molecule has 0 spiro atoms. The Bertz CT molecular complexity index is 27.7. The second-order valence-corrected chi connectivity index (χ2v) is 45.7. The minimum atomic E-state index is -1.20. The zero-order chi connectivity index (χ0) is 6.99. The summed E-state index contributed by atoms with van der Waals surface area (Å²) in [7, 11) is 0. The molecule has 0 fully saturated rings. The van der Waals surface area contributed by atoms with Crippen molar-refractivity contribution in [1.82, 2.24) is 0 Å². The molecule has 0 nitrogen and oxygen atoms in total. The Hall–Kier alpha value is 2.24. The summed E-state index contributed by atoms with van der Waals surface area (Å²) >= 11 is 8.74. The minimum absolute atomic E-state index is 1.07. The summed E-state index contributed by atoms with van der Waals surface area (Å²) < 4.78 is 0. The Morgan fingerprint density at radius 1 is 1.38 bits per heavy atom. The van der Waals surface area contributed by atoms with Gasteiger partial charge in [-0.15, -0.1) is 0 Å². The van der Waals surface area contributed by atoms with E-state index in [1.165, 1.54) is 6.42 Å². The van der Waals surface area contributed by atoms with E-state index in [1.54, 1.807) is 0 Å². The van der Waals surface area contributed by atoms with Crippen LogP contribution in [0.2, 0.25) is 0 Å². The van der Waals surface area contributed by atoms with Crippen molar-refractivity contribution in [1.29, 1.82) is 0 Å². The van der Waals surface area contributed by atoms with Gasteiger partial charge in [0.1, 0.15) is 0 Å². The smallest absolute Gasteiger partial charge is 0.0533 e. The van der Waals surface area contributed by atoms with Crippen molar-refractivity contribution >= 4 is 51.2 Å². The summed E-state index contributed by atoms with van der Waals surface area (Å²) in [6, 6.07) is 0. The van der Waals surface area contributed by atoms with Crippen LogP contribution >= 0.6 is 38.1 Å². The van der Waals surface area contributed by atoms with Crippen LogP contribution in [-0.2, 0) is 0 Å². The molecule has 0 bridgehead atoms. The van der Waals surface area contributed by atoms with Crippen LogP contribution in [0.5, 0.6) is 0 Å². The van der Waals surface area contributed by atoms with E-state index in [4.69, 9.17) is 0 Å². The van der Waals surface area contributed by atoms with Gasteiger partial charge in [0.15, 0.2) is 0 Å². The molecule has 0 heterocycles. The Balaban J connectivity index is 0.